The molecule has 2 N–H and O–H groups in total. The Morgan fingerprint density at radius 2 is 1.83 bits per heavy atom. The lowest BCUT2D eigenvalue weighted by atomic mass is 9.90. The van der Waals surface area contributed by atoms with Crippen LogP contribution in [0.25, 0.3) is 0 Å². The van der Waals surface area contributed by atoms with E-state index in [1.54, 1.807) is 0 Å². The molecule has 2 aliphatic heterocycles. The Morgan fingerprint density at radius 3 is 2.63 bits per heavy atom. The normalized spacial score (nSPS) is 20.8. The Morgan fingerprint density at radius 1 is 1.10 bits per heavy atom. The summed E-state index contributed by atoms with van der Waals surface area (Å²) in [6.45, 7) is 8.39. The highest BCUT2D eigenvalue weighted by molar-refractivity contribution is 5.80. The highest BCUT2D eigenvalue weighted by Gasteiger charge is 2.34. The molecule has 0 radical (unpaired) electrons. The van der Waals surface area contributed by atoms with E-state index in [-0.39, 0.29) is 11.6 Å². The fourth-order valence-corrected chi connectivity index (χ4v) is 4.24. The molecule has 0 spiro atoms. The van der Waals surface area contributed by atoms with E-state index in [4.69, 9.17) is 9.47 Å². The molecule has 1 atom stereocenters. The van der Waals surface area contributed by atoms with Gasteiger partial charge in [0.05, 0.1) is 19.3 Å². The van der Waals surface area contributed by atoms with Crippen LogP contribution in [0.15, 0.2) is 53.5 Å². The van der Waals surface area contributed by atoms with Crippen LogP contribution in [0.4, 0.5) is 5.69 Å². The minimum absolute atomic E-state index is 0.144. The molecule has 4 rings (SSSR count). The van der Waals surface area contributed by atoms with E-state index in [1.165, 1.54) is 16.8 Å². The van der Waals surface area contributed by atoms with E-state index in [9.17, 15) is 0 Å². The predicted molar refractivity (Wildman–Crippen MR) is 121 cm³/mol. The maximum Gasteiger partial charge on any atom is 0.191 e. The topological polar surface area (TPSA) is 58.1 Å². The molecule has 6 heteroatoms. The largest absolute Gasteiger partial charge is 0.487 e. The number of ether oxygens (including phenoxy) is 2. The molecule has 0 bridgehead atoms. The van der Waals surface area contributed by atoms with E-state index in [0.717, 1.165) is 44.4 Å². The highest BCUT2D eigenvalue weighted by Crippen LogP contribution is 2.39. The van der Waals surface area contributed by atoms with Crippen molar-refractivity contribution in [3.05, 3.63) is 59.7 Å². The molecule has 160 valence electrons. The first-order valence-corrected chi connectivity index (χ1v) is 10.7. The predicted octanol–water partition coefficient (Wildman–Crippen LogP) is 3.49. The van der Waals surface area contributed by atoms with Gasteiger partial charge in [0.15, 0.2) is 5.96 Å². The van der Waals surface area contributed by atoms with E-state index < -0.39 is 0 Å². The molecule has 0 amide bonds. The third-order valence-electron chi connectivity index (χ3n) is 5.70. The number of fused-ring (bicyclic) bond motifs is 1. The van der Waals surface area contributed by atoms with Crippen molar-refractivity contribution in [1.82, 2.24) is 10.6 Å². The molecule has 6 nitrogen and oxygen atoms in total. The molecular formula is C24H32N4O2. The van der Waals surface area contributed by atoms with E-state index >= 15 is 0 Å². The molecule has 0 aromatic heterocycles. The van der Waals surface area contributed by atoms with Gasteiger partial charge in [-0.15, -0.1) is 0 Å². The van der Waals surface area contributed by atoms with E-state index in [1.807, 2.05) is 19.2 Å². The van der Waals surface area contributed by atoms with Gasteiger partial charge in [0.2, 0.25) is 0 Å². The number of nitrogens with one attached hydrogen (secondary N) is 2. The molecule has 30 heavy (non-hydrogen) atoms. The summed E-state index contributed by atoms with van der Waals surface area (Å²) in [6.07, 6.45) is 0.870. The summed E-state index contributed by atoms with van der Waals surface area (Å²) < 4.78 is 11.7. The number of aliphatic imine (C=N–C) groups is 1. The Hall–Kier alpha value is -2.73. The number of guanidine groups is 1. The van der Waals surface area contributed by atoms with Crippen molar-refractivity contribution in [2.45, 2.75) is 38.5 Å². The first kappa shape index (κ1) is 20.5. The van der Waals surface area contributed by atoms with Crippen LogP contribution in [0.1, 0.15) is 37.4 Å². The van der Waals surface area contributed by atoms with Crippen LogP contribution in [0.5, 0.6) is 5.75 Å². The van der Waals surface area contributed by atoms with Gasteiger partial charge in [-0.1, -0.05) is 36.4 Å². The Kier molecular flexibility index (Phi) is 6.13. The Labute approximate surface area is 179 Å². The summed E-state index contributed by atoms with van der Waals surface area (Å²) in [5.74, 6) is 1.74. The standard InChI is InChI=1S/C24H32N4O2/c1-24(2)16-20(19-9-5-7-11-22(19)30-24)27-23(25-3)26-17-18-8-4-6-10-21(18)28-12-14-29-15-13-28/h4-11,20H,12-17H2,1-3H3,(H2,25,26,27). The molecule has 2 heterocycles. The fourth-order valence-electron chi connectivity index (χ4n) is 4.24. The number of nitrogens with zero attached hydrogens (tertiary/aromatic N) is 2. The van der Waals surface area contributed by atoms with Gasteiger partial charge < -0.3 is 25.0 Å². The number of anilines is 1. The molecule has 2 aromatic carbocycles. The number of para-hydroxylation sites is 2. The van der Waals surface area contributed by atoms with Gasteiger partial charge in [-0.3, -0.25) is 4.99 Å². The smallest absolute Gasteiger partial charge is 0.191 e. The summed E-state index contributed by atoms with van der Waals surface area (Å²) in [4.78, 5) is 6.88. The van der Waals surface area contributed by atoms with Crippen molar-refractivity contribution in [3.8, 4) is 5.75 Å². The minimum Gasteiger partial charge on any atom is -0.487 e. The van der Waals surface area contributed by atoms with Crippen LogP contribution in [0, 0.1) is 0 Å². The molecule has 0 aliphatic carbocycles. The average Bonchev–Trinajstić information content (AvgIpc) is 2.76. The number of hydrogen-bond donors (Lipinski definition) is 2. The van der Waals surface area contributed by atoms with Gasteiger partial charge in [-0.25, -0.2) is 0 Å². The zero-order valence-corrected chi connectivity index (χ0v) is 18.1. The van der Waals surface area contributed by atoms with Crippen molar-refractivity contribution in [3.63, 3.8) is 0 Å². The Bertz CT molecular complexity index is 890. The van der Waals surface area contributed by atoms with Crippen LogP contribution in [-0.4, -0.2) is 44.9 Å². The number of rotatable bonds is 4. The maximum absolute atomic E-state index is 6.16. The third kappa shape index (κ3) is 4.70. The lowest BCUT2D eigenvalue weighted by Gasteiger charge is -2.38. The summed E-state index contributed by atoms with van der Waals surface area (Å²) in [5, 5.41) is 7.12. The number of hydrogen-bond acceptors (Lipinski definition) is 4. The first-order valence-electron chi connectivity index (χ1n) is 10.7. The van der Waals surface area contributed by atoms with Crippen LogP contribution in [0.2, 0.25) is 0 Å². The van der Waals surface area contributed by atoms with E-state index in [2.05, 4.69) is 70.8 Å². The van der Waals surface area contributed by atoms with Crippen molar-refractivity contribution in [2.24, 2.45) is 4.99 Å². The molecule has 2 aliphatic rings. The lowest BCUT2D eigenvalue weighted by molar-refractivity contribution is 0.0694. The quantitative estimate of drug-likeness (QED) is 0.599. The van der Waals surface area contributed by atoms with Gasteiger partial charge in [-0.2, -0.15) is 0 Å². The van der Waals surface area contributed by atoms with Gasteiger partial charge in [0.25, 0.3) is 0 Å². The second kappa shape index (κ2) is 8.96. The summed E-state index contributed by atoms with van der Waals surface area (Å²) >= 11 is 0. The van der Waals surface area contributed by atoms with Gasteiger partial charge >= 0.3 is 0 Å². The van der Waals surface area contributed by atoms with Crippen LogP contribution in [-0.2, 0) is 11.3 Å². The van der Waals surface area contributed by atoms with Crippen molar-refractivity contribution < 1.29 is 9.47 Å². The summed E-state index contributed by atoms with van der Waals surface area (Å²) in [6, 6.07) is 17.0. The molecule has 0 saturated carbocycles. The van der Waals surface area contributed by atoms with E-state index in [0.29, 0.717) is 6.54 Å². The molecular weight excluding hydrogens is 376 g/mol. The third-order valence-corrected chi connectivity index (χ3v) is 5.70. The number of benzene rings is 2. The summed E-state index contributed by atoms with van der Waals surface area (Å²) in [7, 11) is 1.82. The summed E-state index contributed by atoms with van der Waals surface area (Å²) in [5.41, 5.74) is 3.47. The zero-order valence-electron chi connectivity index (χ0n) is 18.1. The average molecular weight is 409 g/mol. The maximum atomic E-state index is 6.16. The van der Waals surface area contributed by atoms with Crippen LogP contribution in [0.3, 0.4) is 0 Å². The van der Waals surface area contributed by atoms with Crippen molar-refractivity contribution in [1.29, 1.82) is 0 Å². The molecule has 1 saturated heterocycles. The number of morpholine rings is 1. The van der Waals surface area contributed by atoms with Crippen molar-refractivity contribution in [2.75, 3.05) is 38.3 Å². The molecule has 1 fully saturated rings. The van der Waals surface area contributed by atoms with Gasteiger partial charge in [0, 0.05) is 44.4 Å². The fraction of sp³-hybridized carbons (Fsp3) is 0.458. The lowest BCUT2D eigenvalue weighted by Crippen LogP contribution is -2.45. The van der Waals surface area contributed by atoms with Gasteiger partial charge in [-0.05, 0) is 31.5 Å². The molecule has 1 unspecified atom stereocenters. The monoisotopic (exact) mass is 408 g/mol. The van der Waals surface area contributed by atoms with Crippen molar-refractivity contribution >= 4 is 11.6 Å². The Balaban J connectivity index is 1.46. The van der Waals surface area contributed by atoms with Gasteiger partial charge in [0.1, 0.15) is 11.4 Å². The first-order chi connectivity index (χ1) is 14.6. The van der Waals surface area contributed by atoms with Crippen LogP contribution < -0.4 is 20.3 Å². The van der Waals surface area contributed by atoms with Crippen LogP contribution >= 0.6 is 0 Å². The minimum atomic E-state index is -0.228. The zero-order chi connectivity index (χ0) is 21.0. The SMILES string of the molecule is CN=C(NCc1ccccc1N1CCOCC1)NC1CC(C)(C)Oc2ccccc21. The second-order valence-corrected chi connectivity index (χ2v) is 8.45. The highest BCUT2D eigenvalue weighted by atomic mass is 16.5. The second-order valence-electron chi connectivity index (χ2n) is 8.45. The molecule has 2 aromatic rings.